The molecule has 1 aliphatic heterocycles. The Hall–Kier alpha value is -2.61. The molecule has 3 aromatic rings. The molecule has 4 rings (SSSR count). The van der Waals surface area contributed by atoms with E-state index in [2.05, 4.69) is 33.2 Å². The van der Waals surface area contributed by atoms with Gasteiger partial charge in [0.1, 0.15) is 5.69 Å². The molecule has 1 aliphatic rings. The monoisotopic (exact) mass is 443 g/mol. The smallest absolute Gasteiger partial charge is 0.272 e. The average molecular weight is 443 g/mol. The van der Waals surface area contributed by atoms with E-state index in [0.717, 1.165) is 20.5 Å². The SMILES string of the molecule is O=C1Cc2cc(NC(=O)c3cccn3-c3cccc(I)c3)ccc2N1. The van der Waals surface area contributed by atoms with Gasteiger partial charge in [0.2, 0.25) is 5.91 Å². The third kappa shape index (κ3) is 3.17. The van der Waals surface area contributed by atoms with Gasteiger partial charge >= 0.3 is 0 Å². The van der Waals surface area contributed by atoms with E-state index in [0.29, 0.717) is 17.8 Å². The predicted octanol–water partition coefficient (Wildman–Crippen LogP) is 3.83. The van der Waals surface area contributed by atoms with Crippen molar-refractivity contribution in [1.82, 2.24) is 4.57 Å². The molecule has 0 atom stereocenters. The van der Waals surface area contributed by atoms with Crippen molar-refractivity contribution in [2.24, 2.45) is 0 Å². The molecular weight excluding hydrogens is 429 g/mol. The lowest BCUT2D eigenvalue weighted by Gasteiger charge is -2.11. The van der Waals surface area contributed by atoms with Crippen LogP contribution in [0.1, 0.15) is 16.1 Å². The summed E-state index contributed by atoms with van der Waals surface area (Å²) in [6.07, 6.45) is 2.21. The zero-order valence-electron chi connectivity index (χ0n) is 13.1. The third-order valence-corrected chi connectivity index (χ3v) is 4.73. The maximum Gasteiger partial charge on any atom is 0.272 e. The largest absolute Gasteiger partial charge is 0.326 e. The Morgan fingerprint density at radius 3 is 2.84 bits per heavy atom. The second-order valence-corrected chi connectivity index (χ2v) is 7.04. The van der Waals surface area contributed by atoms with Crippen LogP contribution >= 0.6 is 22.6 Å². The molecule has 6 heteroatoms. The van der Waals surface area contributed by atoms with Gasteiger partial charge in [-0.2, -0.15) is 0 Å². The molecule has 2 heterocycles. The number of hydrogen-bond acceptors (Lipinski definition) is 2. The molecule has 0 saturated heterocycles. The first-order valence-electron chi connectivity index (χ1n) is 7.77. The van der Waals surface area contributed by atoms with E-state index in [1.807, 2.05) is 53.2 Å². The summed E-state index contributed by atoms with van der Waals surface area (Å²) in [5, 5.41) is 5.70. The minimum absolute atomic E-state index is 0.0222. The number of aromatic nitrogens is 1. The van der Waals surface area contributed by atoms with E-state index in [1.165, 1.54) is 0 Å². The maximum absolute atomic E-state index is 12.7. The summed E-state index contributed by atoms with van der Waals surface area (Å²) >= 11 is 2.25. The summed E-state index contributed by atoms with van der Waals surface area (Å²) in [5.41, 5.74) is 3.87. The van der Waals surface area contributed by atoms with Crippen LogP contribution in [0.2, 0.25) is 0 Å². The Bertz CT molecular complexity index is 994. The standard InChI is InChI=1S/C19H14IN3O2/c20-13-3-1-4-15(11-13)23-8-2-5-17(23)19(25)21-14-6-7-16-12(9-14)10-18(24)22-16/h1-9,11H,10H2,(H,21,25)(H,22,24). The Kier molecular flexibility index (Phi) is 4.04. The van der Waals surface area contributed by atoms with Crippen molar-refractivity contribution in [2.45, 2.75) is 6.42 Å². The Balaban J connectivity index is 1.60. The van der Waals surface area contributed by atoms with Crippen molar-refractivity contribution in [3.8, 4) is 5.69 Å². The van der Waals surface area contributed by atoms with Gasteiger partial charge in [-0.1, -0.05) is 6.07 Å². The number of amides is 2. The van der Waals surface area contributed by atoms with Crippen molar-refractivity contribution in [1.29, 1.82) is 0 Å². The van der Waals surface area contributed by atoms with Crippen molar-refractivity contribution in [3.63, 3.8) is 0 Å². The fourth-order valence-corrected chi connectivity index (χ4v) is 3.45. The molecule has 2 N–H and O–H groups in total. The molecule has 124 valence electrons. The first kappa shape index (κ1) is 15.9. The lowest BCUT2D eigenvalue weighted by Crippen LogP contribution is -2.16. The van der Waals surface area contributed by atoms with Crippen LogP contribution in [0, 0.1) is 3.57 Å². The molecule has 2 amide bonds. The van der Waals surface area contributed by atoms with Gasteiger partial charge in [0.25, 0.3) is 5.91 Å². The molecule has 25 heavy (non-hydrogen) atoms. The lowest BCUT2D eigenvalue weighted by atomic mass is 10.1. The van der Waals surface area contributed by atoms with Crippen LogP contribution in [-0.2, 0) is 11.2 Å². The second-order valence-electron chi connectivity index (χ2n) is 5.79. The van der Waals surface area contributed by atoms with Crippen LogP contribution in [0.25, 0.3) is 5.69 Å². The highest BCUT2D eigenvalue weighted by Crippen LogP contribution is 2.26. The summed E-state index contributed by atoms with van der Waals surface area (Å²) in [4.78, 5) is 24.1. The van der Waals surface area contributed by atoms with Crippen molar-refractivity contribution in [2.75, 3.05) is 10.6 Å². The number of carbonyl (C=O) groups excluding carboxylic acids is 2. The van der Waals surface area contributed by atoms with Crippen molar-refractivity contribution < 1.29 is 9.59 Å². The molecule has 0 aliphatic carbocycles. The summed E-state index contributed by atoms with van der Waals surface area (Å²) < 4.78 is 2.96. The lowest BCUT2D eigenvalue weighted by molar-refractivity contribution is -0.115. The Labute approximate surface area is 158 Å². The number of nitrogens with zero attached hydrogens (tertiary/aromatic N) is 1. The van der Waals surface area contributed by atoms with Crippen molar-refractivity contribution >= 4 is 45.8 Å². The Morgan fingerprint density at radius 1 is 1.12 bits per heavy atom. The minimum Gasteiger partial charge on any atom is -0.326 e. The number of benzene rings is 2. The molecule has 0 unspecified atom stereocenters. The highest BCUT2D eigenvalue weighted by Gasteiger charge is 2.19. The predicted molar refractivity (Wildman–Crippen MR) is 105 cm³/mol. The van der Waals surface area contributed by atoms with Gasteiger partial charge in [-0.3, -0.25) is 9.59 Å². The number of anilines is 2. The number of rotatable bonds is 3. The quantitative estimate of drug-likeness (QED) is 0.605. The normalized spacial score (nSPS) is 12.6. The van der Waals surface area contributed by atoms with E-state index < -0.39 is 0 Å². The number of carbonyl (C=O) groups is 2. The Morgan fingerprint density at radius 2 is 2.00 bits per heavy atom. The minimum atomic E-state index is -0.193. The molecule has 1 aromatic heterocycles. The van der Waals surface area contributed by atoms with Gasteiger partial charge in [0.15, 0.2) is 0 Å². The van der Waals surface area contributed by atoms with Crippen LogP contribution in [-0.4, -0.2) is 16.4 Å². The van der Waals surface area contributed by atoms with E-state index in [4.69, 9.17) is 0 Å². The van der Waals surface area contributed by atoms with E-state index >= 15 is 0 Å². The molecule has 0 saturated carbocycles. The van der Waals surface area contributed by atoms with Gasteiger partial charge in [-0.05, 0) is 76.7 Å². The molecule has 2 aromatic carbocycles. The van der Waals surface area contributed by atoms with Crippen LogP contribution < -0.4 is 10.6 Å². The summed E-state index contributed by atoms with van der Waals surface area (Å²) in [6.45, 7) is 0. The zero-order valence-corrected chi connectivity index (χ0v) is 15.3. The second kappa shape index (κ2) is 6.36. The highest BCUT2D eigenvalue weighted by atomic mass is 127. The maximum atomic E-state index is 12.7. The van der Waals surface area contributed by atoms with Gasteiger partial charge in [-0.25, -0.2) is 0 Å². The summed E-state index contributed by atoms with van der Waals surface area (Å²) in [6, 6.07) is 17.0. The van der Waals surface area contributed by atoms with E-state index in [9.17, 15) is 9.59 Å². The van der Waals surface area contributed by atoms with Gasteiger partial charge in [0, 0.05) is 26.8 Å². The first-order valence-corrected chi connectivity index (χ1v) is 8.85. The molecule has 0 bridgehead atoms. The zero-order chi connectivity index (χ0) is 17.4. The van der Waals surface area contributed by atoms with E-state index in [-0.39, 0.29) is 11.8 Å². The van der Waals surface area contributed by atoms with Gasteiger partial charge in [0.05, 0.1) is 6.42 Å². The molecule has 5 nitrogen and oxygen atoms in total. The van der Waals surface area contributed by atoms with Crippen LogP contribution in [0.4, 0.5) is 11.4 Å². The number of hydrogen-bond donors (Lipinski definition) is 2. The molecular formula is C19H14IN3O2. The molecule has 0 spiro atoms. The number of fused-ring (bicyclic) bond motifs is 1. The van der Waals surface area contributed by atoms with Crippen LogP contribution in [0.15, 0.2) is 60.8 Å². The topological polar surface area (TPSA) is 63.1 Å². The van der Waals surface area contributed by atoms with Crippen LogP contribution in [0.3, 0.4) is 0 Å². The fraction of sp³-hybridized carbons (Fsp3) is 0.0526. The van der Waals surface area contributed by atoms with Crippen LogP contribution in [0.5, 0.6) is 0 Å². The van der Waals surface area contributed by atoms with Gasteiger partial charge in [-0.15, -0.1) is 0 Å². The highest BCUT2D eigenvalue weighted by molar-refractivity contribution is 14.1. The summed E-state index contributed by atoms with van der Waals surface area (Å²) in [7, 11) is 0. The van der Waals surface area contributed by atoms with E-state index in [1.54, 1.807) is 12.1 Å². The number of halogens is 1. The number of nitrogens with one attached hydrogen (secondary N) is 2. The van der Waals surface area contributed by atoms with Gasteiger partial charge < -0.3 is 15.2 Å². The fourth-order valence-electron chi connectivity index (χ4n) is 2.92. The average Bonchev–Trinajstić information content (AvgIpc) is 3.20. The molecule has 0 fully saturated rings. The molecule has 0 radical (unpaired) electrons. The van der Waals surface area contributed by atoms with Crippen molar-refractivity contribution in [3.05, 3.63) is 75.6 Å². The third-order valence-electron chi connectivity index (χ3n) is 4.06. The summed E-state index contributed by atoms with van der Waals surface area (Å²) in [5.74, 6) is -0.216. The first-order chi connectivity index (χ1) is 12.1.